The standard InChI is InChI=1S/C11H17BrClNO3S/c1-11(2,3)7-14(4)18(15,16)9-5-8(6-13)17-10(9)12/h5H,6-7H2,1-4H3. The summed E-state index contributed by atoms with van der Waals surface area (Å²) in [5, 5.41) is 0. The van der Waals surface area contributed by atoms with E-state index in [1.807, 2.05) is 20.8 Å². The van der Waals surface area contributed by atoms with Gasteiger partial charge in [-0.3, -0.25) is 0 Å². The first-order chi connectivity index (χ1) is 8.08. The Morgan fingerprint density at radius 1 is 1.44 bits per heavy atom. The molecule has 0 aliphatic heterocycles. The Morgan fingerprint density at radius 3 is 2.39 bits per heavy atom. The Balaban J connectivity index is 3.09. The number of halogens is 2. The van der Waals surface area contributed by atoms with E-state index in [-0.39, 0.29) is 20.9 Å². The van der Waals surface area contributed by atoms with E-state index in [2.05, 4.69) is 15.9 Å². The fourth-order valence-electron chi connectivity index (χ4n) is 1.56. The first kappa shape index (κ1) is 16.0. The lowest BCUT2D eigenvalue weighted by Crippen LogP contribution is -2.34. The molecule has 0 amide bonds. The maximum absolute atomic E-state index is 12.4. The lowest BCUT2D eigenvalue weighted by Gasteiger charge is -2.25. The molecule has 1 aromatic heterocycles. The highest BCUT2D eigenvalue weighted by molar-refractivity contribution is 9.10. The summed E-state index contributed by atoms with van der Waals surface area (Å²) < 4.78 is 31.4. The second-order valence-electron chi connectivity index (χ2n) is 5.31. The Kier molecular flexibility index (Phi) is 4.92. The van der Waals surface area contributed by atoms with Crippen molar-refractivity contribution in [3.05, 3.63) is 16.5 Å². The molecule has 0 fully saturated rings. The average molecular weight is 359 g/mol. The fraction of sp³-hybridized carbons (Fsp3) is 0.636. The second kappa shape index (κ2) is 5.53. The average Bonchev–Trinajstić information content (AvgIpc) is 2.57. The van der Waals surface area contributed by atoms with Crippen LogP contribution in [0.4, 0.5) is 0 Å². The molecular formula is C11H17BrClNO3S. The summed E-state index contributed by atoms with van der Waals surface area (Å²) in [7, 11) is -2.00. The largest absolute Gasteiger partial charge is 0.452 e. The lowest BCUT2D eigenvalue weighted by molar-refractivity contribution is 0.310. The summed E-state index contributed by atoms with van der Waals surface area (Å²) in [6.07, 6.45) is 0. The molecular weight excluding hydrogens is 342 g/mol. The molecule has 0 N–H and O–H groups in total. The van der Waals surface area contributed by atoms with Crippen LogP contribution < -0.4 is 0 Å². The third-order valence-electron chi connectivity index (χ3n) is 2.22. The van der Waals surface area contributed by atoms with Crippen LogP contribution >= 0.6 is 27.5 Å². The molecule has 18 heavy (non-hydrogen) atoms. The molecule has 1 aromatic rings. The second-order valence-corrected chi connectivity index (χ2v) is 8.31. The molecule has 104 valence electrons. The smallest absolute Gasteiger partial charge is 0.247 e. The van der Waals surface area contributed by atoms with Crippen molar-refractivity contribution in [3.63, 3.8) is 0 Å². The summed E-state index contributed by atoms with van der Waals surface area (Å²) in [6, 6.07) is 1.45. The predicted octanol–water partition coefficient (Wildman–Crippen LogP) is 3.45. The Morgan fingerprint density at radius 2 is 2.00 bits per heavy atom. The van der Waals surface area contributed by atoms with Crippen molar-refractivity contribution in [1.29, 1.82) is 0 Å². The summed E-state index contributed by atoms with van der Waals surface area (Å²) >= 11 is 8.74. The molecule has 7 heteroatoms. The first-order valence-corrected chi connectivity index (χ1v) is 8.15. The molecule has 0 unspecified atom stereocenters. The van der Waals surface area contributed by atoms with Gasteiger partial charge in [0.1, 0.15) is 10.7 Å². The molecule has 0 atom stereocenters. The van der Waals surface area contributed by atoms with E-state index in [1.54, 1.807) is 7.05 Å². The minimum atomic E-state index is -3.56. The minimum Gasteiger partial charge on any atom is -0.452 e. The molecule has 0 aliphatic rings. The number of hydrogen-bond acceptors (Lipinski definition) is 3. The maximum Gasteiger partial charge on any atom is 0.247 e. The van der Waals surface area contributed by atoms with Gasteiger partial charge in [0.15, 0.2) is 4.67 Å². The molecule has 0 saturated carbocycles. The molecule has 0 bridgehead atoms. The van der Waals surface area contributed by atoms with Gasteiger partial charge in [-0.05, 0) is 21.3 Å². The zero-order chi connectivity index (χ0) is 14.1. The Labute approximate surface area is 121 Å². The minimum absolute atomic E-state index is 0.116. The Bertz CT molecular complexity index is 519. The topological polar surface area (TPSA) is 50.5 Å². The summed E-state index contributed by atoms with van der Waals surface area (Å²) in [4.78, 5) is 0.116. The van der Waals surface area contributed by atoms with Crippen LogP contribution in [0.1, 0.15) is 26.5 Å². The van der Waals surface area contributed by atoms with Crippen LogP contribution in [0, 0.1) is 5.41 Å². The van der Waals surface area contributed by atoms with E-state index in [4.69, 9.17) is 16.0 Å². The molecule has 4 nitrogen and oxygen atoms in total. The highest BCUT2D eigenvalue weighted by atomic mass is 79.9. The number of sulfonamides is 1. The fourth-order valence-corrected chi connectivity index (χ4v) is 4.05. The number of hydrogen-bond donors (Lipinski definition) is 0. The van der Waals surface area contributed by atoms with Gasteiger partial charge < -0.3 is 4.42 Å². The van der Waals surface area contributed by atoms with Crippen LogP contribution in [0.3, 0.4) is 0 Å². The van der Waals surface area contributed by atoms with Crippen LogP contribution in [-0.2, 0) is 15.9 Å². The van der Waals surface area contributed by atoms with Crippen molar-refractivity contribution in [3.8, 4) is 0 Å². The SMILES string of the molecule is CN(CC(C)(C)C)S(=O)(=O)c1cc(CCl)oc1Br. The normalized spacial score (nSPS) is 13.3. The summed E-state index contributed by atoms with van der Waals surface area (Å²) in [6.45, 7) is 6.36. The molecule has 0 spiro atoms. The number of furan rings is 1. The zero-order valence-corrected chi connectivity index (χ0v) is 14.0. The molecule has 1 rings (SSSR count). The maximum atomic E-state index is 12.4. The number of nitrogens with zero attached hydrogens (tertiary/aromatic N) is 1. The van der Waals surface area contributed by atoms with Gasteiger partial charge in [0.25, 0.3) is 0 Å². The van der Waals surface area contributed by atoms with E-state index in [9.17, 15) is 8.42 Å². The highest BCUT2D eigenvalue weighted by Gasteiger charge is 2.29. The third-order valence-corrected chi connectivity index (χ3v) is 5.15. The van der Waals surface area contributed by atoms with E-state index in [0.717, 1.165) is 0 Å². The number of rotatable bonds is 4. The van der Waals surface area contributed by atoms with Crippen molar-refractivity contribution < 1.29 is 12.8 Å². The molecule has 0 aromatic carbocycles. The monoisotopic (exact) mass is 357 g/mol. The zero-order valence-electron chi connectivity index (χ0n) is 10.8. The van der Waals surface area contributed by atoms with Crippen molar-refractivity contribution in [1.82, 2.24) is 4.31 Å². The van der Waals surface area contributed by atoms with Gasteiger partial charge in [0.2, 0.25) is 10.0 Å². The van der Waals surface area contributed by atoms with Crippen LogP contribution in [0.15, 0.2) is 20.0 Å². The predicted molar refractivity (Wildman–Crippen MR) is 75.2 cm³/mol. The van der Waals surface area contributed by atoms with Crippen molar-refractivity contribution in [2.45, 2.75) is 31.5 Å². The summed E-state index contributed by atoms with van der Waals surface area (Å²) in [5.74, 6) is 0.558. The van der Waals surface area contributed by atoms with Crippen LogP contribution in [0.25, 0.3) is 0 Å². The van der Waals surface area contributed by atoms with Gasteiger partial charge in [-0.15, -0.1) is 11.6 Å². The lowest BCUT2D eigenvalue weighted by atomic mass is 9.97. The Hall–Kier alpha value is -0.0400. The first-order valence-electron chi connectivity index (χ1n) is 5.38. The van der Waals surface area contributed by atoms with Gasteiger partial charge in [-0.1, -0.05) is 20.8 Å². The molecule has 0 aliphatic carbocycles. The molecule has 0 saturated heterocycles. The summed E-state index contributed by atoms with van der Waals surface area (Å²) in [5.41, 5.74) is -0.118. The third kappa shape index (κ3) is 3.73. The van der Waals surface area contributed by atoms with Gasteiger partial charge in [-0.25, -0.2) is 12.7 Å². The van der Waals surface area contributed by atoms with Gasteiger partial charge in [-0.2, -0.15) is 0 Å². The van der Waals surface area contributed by atoms with Crippen molar-refractivity contribution in [2.24, 2.45) is 5.41 Å². The highest BCUT2D eigenvalue weighted by Crippen LogP contribution is 2.30. The molecule has 0 radical (unpaired) electrons. The van der Waals surface area contributed by atoms with Crippen LogP contribution in [0.2, 0.25) is 0 Å². The van der Waals surface area contributed by atoms with Crippen LogP contribution in [0.5, 0.6) is 0 Å². The quantitative estimate of drug-likeness (QED) is 0.775. The van der Waals surface area contributed by atoms with E-state index < -0.39 is 10.0 Å². The number of alkyl halides is 1. The van der Waals surface area contributed by atoms with E-state index >= 15 is 0 Å². The van der Waals surface area contributed by atoms with Gasteiger partial charge >= 0.3 is 0 Å². The van der Waals surface area contributed by atoms with Crippen molar-refractivity contribution >= 4 is 37.6 Å². The van der Waals surface area contributed by atoms with Gasteiger partial charge in [0.05, 0.1) is 5.88 Å². The van der Waals surface area contributed by atoms with Crippen LogP contribution in [-0.4, -0.2) is 26.3 Å². The van der Waals surface area contributed by atoms with E-state index in [1.165, 1.54) is 10.4 Å². The molecule has 1 heterocycles. The van der Waals surface area contributed by atoms with Crippen molar-refractivity contribution in [2.75, 3.05) is 13.6 Å². The van der Waals surface area contributed by atoms with Gasteiger partial charge in [0, 0.05) is 19.7 Å². The van der Waals surface area contributed by atoms with E-state index in [0.29, 0.717) is 12.3 Å².